The van der Waals surface area contributed by atoms with E-state index in [1.807, 2.05) is 20.8 Å². The van der Waals surface area contributed by atoms with Crippen LogP contribution in [-0.2, 0) is 9.53 Å². The van der Waals surface area contributed by atoms with E-state index < -0.39 is 17.6 Å². The number of hydrogen-bond acceptors (Lipinski definition) is 4. The fourth-order valence-corrected chi connectivity index (χ4v) is 1.73. The summed E-state index contributed by atoms with van der Waals surface area (Å²) in [5.74, 6) is -1.00. The lowest BCUT2D eigenvalue weighted by Crippen LogP contribution is -2.46. The predicted molar refractivity (Wildman–Crippen MR) is 78.6 cm³/mol. The van der Waals surface area contributed by atoms with Crippen molar-refractivity contribution in [2.75, 3.05) is 5.73 Å². The van der Waals surface area contributed by atoms with Gasteiger partial charge in [-0.05, 0) is 45.9 Å². The Hall–Kier alpha value is -1.75. The normalized spacial score (nSPS) is 12.7. The zero-order valence-corrected chi connectivity index (χ0v) is 12.7. The summed E-state index contributed by atoms with van der Waals surface area (Å²) in [6, 6.07) is 4.41. The number of amides is 1. The van der Waals surface area contributed by atoms with Crippen LogP contribution in [0, 0.1) is 0 Å². The Labute approximate surface area is 123 Å². The highest BCUT2D eigenvalue weighted by molar-refractivity contribution is 6.31. The molecule has 0 fully saturated rings. The minimum Gasteiger partial charge on any atom is -0.449 e. The summed E-state index contributed by atoms with van der Waals surface area (Å²) in [6.45, 7) is 7.04. The smallest absolute Gasteiger partial charge is 0.339 e. The van der Waals surface area contributed by atoms with Crippen molar-refractivity contribution in [1.29, 1.82) is 0 Å². The van der Waals surface area contributed by atoms with Gasteiger partial charge in [-0.25, -0.2) is 4.79 Å². The standard InChI is InChI=1S/C14H19ClN2O3/c1-8(12(18)17-14(2,3)4)20-13(19)9-5-10(15)7-11(16)6-9/h5-8H,16H2,1-4H3,(H,17,18). The minimum atomic E-state index is -0.901. The van der Waals surface area contributed by atoms with Crippen molar-refractivity contribution in [1.82, 2.24) is 5.32 Å². The molecule has 0 aliphatic carbocycles. The van der Waals surface area contributed by atoms with Crippen LogP contribution in [0.25, 0.3) is 0 Å². The number of esters is 1. The van der Waals surface area contributed by atoms with Gasteiger partial charge in [-0.1, -0.05) is 11.6 Å². The van der Waals surface area contributed by atoms with E-state index in [1.165, 1.54) is 25.1 Å². The third kappa shape index (κ3) is 5.09. The fourth-order valence-electron chi connectivity index (χ4n) is 1.48. The number of nitrogens with two attached hydrogens (primary N) is 1. The van der Waals surface area contributed by atoms with E-state index in [9.17, 15) is 9.59 Å². The van der Waals surface area contributed by atoms with Crippen molar-refractivity contribution in [3.8, 4) is 0 Å². The first kappa shape index (κ1) is 16.3. The number of nitrogen functional groups attached to an aromatic ring is 1. The first-order valence-corrected chi connectivity index (χ1v) is 6.55. The van der Waals surface area contributed by atoms with E-state index >= 15 is 0 Å². The summed E-state index contributed by atoms with van der Waals surface area (Å²) in [7, 11) is 0. The number of hydrogen-bond donors (Lipinski definition) is 2. The molecule has 0 aliphatic rings. The molecular formula is C14H19ClN2O3. The number of nitrogens with one attached hydrogen (secondary N) is 1. The third-order valence-electron chi connectivity index (χ3n) is 2.31. The molecule has 110 valence electrons. The molecule has 0 radical (unpaired) electrons. The summed E-state index contributed by atoms with van der Waals surface area (Å²) in [4.78, 5) is 23.7. The quantitative estimate of drug-likeness (QED) is 0.663. The molecule has 6 heteroatoms. The highest BCUT2D eigenvalue weighted by atomic mass is 35.5. The first-order valence-electron chi connectivity index (χ1n) is 6.17. The van der Waals surface area contributed by atoms with Crippen molar-refractivity contribution in [2.24, 2.45) is 0 Å². The van der Waals surface area contributed by atoms with Gasteiger partial charge in [0.15, 0.2) is 6.10 Å². The molecule has 0 aliphatic heterocycles. The first-order chi connectivity index (χ1) is 9.08. The average molecular weight is 299 g/mol. The van der Waals surface area contributed by atoms with Crippen LogP contribution in [-0.4, -0.2) is 23.5 Å². The summed E-state index contributed by atoms with van der Waals surface area (Å²) >= 11 is 5.81. The number of halogens is 1. The van der Waals surface area contributed by atoms with Crippen LogP contribution >= 0.6 is 11.6 Å². The fraction of sp³-hybridized carbons (Fsp3) is 0.429. The van der Waals surface area contributed by atoms with Gasteiger partial charge < -0.3 is 15.8 Å². The lowest BCUT2D eigenvalue weighted by atomic mass is 10.1. The largest absolute Gasteiger partial charge is 0.449 e. The van der Waals surface area contributed by atoms with E-state index in [4.69, 9.17) is 22.1 Å². The monoisotopic (exact) mass is 298 g/mol. The van der Waals surface area contributed by atoms with Crippen LogP contribution < -0.4 is 11.1 Å². The van der Waals surface area contributed by atoms with Gasteiger partial charge in [-0.15, -0.1) is 0 Å². The summed E-state index contributed by atoms with van der Waals surface area (Å²) in [5.41, 5.74) is 5.78. The van der Waals surface area contributed by atoms with Crippen molar-refractivity contribution < 1.29 is 14.3 Å². The molecule has 0 aromatic heterocycles. The number of rotatable bonds is 3. The van der Waals surface area contributed by atoms with Crippen molar-refractivity contribution in [3.05, 3.63) is 28.8 Å². The number of carbonyl (C=O) groups excluding carboxylic acids is 2. The van der Waals surface area contributed by atoms with E-state index in [2.05, 4.69) is 5.32 Å². The van der Waals surface area contributed by atoms with Gasteiger partial charge in [0, 0.05) is 16.2 Å². The Morgan fingerprint density at radius 3 is 2.40 bits per heavy atom. The zero-order valence-electron chi connectivity index (χ0n) is 12.0. The van der Waals surface area contributed by atoms with Crippen molar-refractivity contribution in [3.63, 3.8) is 0 Å². The van der Waals surface area contributed by atoms with Gasteiger partial charge in [-0.2, -0.15) is 0 Å². The maximum atomic E-state index is 11.9. The van der Waals surface area contributed by atoms with Gasteiger partial charge >= 0.3 is 5.97 Å². The van der Waals surface area contributed by atoms with Crippen LogP contribution in [0.4, 0.5) is 5.69 Å². The molecule has 1 aromatic rings. The van der Waals surface area contributed by atoms with E-state index in [0.29, 0.717) is 10.7 Å². The molecule has 1 rings (SSSR count). The topological polar surface area (TPSA) is 81.4 Å². The minimum absolute atomic E-state index is 0.213. The van der Waals surface area contributed by atoms with E-state index in [1.54, 1.807) is 0 Å². The highest BCUT2D eigenvalue weighted by Gasteiger charge is 2.23. The molecule has 0 bridgehead atoms. The molecule has 1 aromatic carbocycles. The summed E-state index contributed by atoms with van der Waals surface area (Å²) in [5, 5.41) is 3.07. The Morgan fingerprint density at radius 1 is 1.30 bits per heavy atom. The number of ether oxygens (including phenoxy) is 1. The predicted octanol–water partition coefficient (Wildman–Crippen LogP) is 2.38. The van der Waals surface area contributed by atoms with Crippen LogP contribution in [0.2, 0.25) is 5.02 Å². The molecule has 0 heterocycles. The van der Waals surface area contributed by atoms with Crippen molar-refractivity contribution >= 4 is 29.2 Å². The van der Waals surface area contributed by atoms with Crippen LogP contribution in [0.5, 0.6) is 0 Å². The lowest BCUT2D eigenvalue weighted by Gasteiger charge is -2.23. The Kier molecular flexibility index (Phi) is 5.00. The van der Waals surface area contributed by atoms with Crippen LogP contribution in [0.1, 0.15) is 38.1 Å². The molecule has 3 N–H and O–H groups in total. The Balaban J connectivity index is 2.72. The Bertz CT molecular complexity index is 503. The third-order valence-corrected chi connectivity index (χ3v) is 2.53. The van der Waals surface area contributed by atoms with Gasteiger partial charge in [0.1, 0.15) is 0 Å². The molecule has 1 unspecified atom stereocenters. The number of benzene rings is 1. The summed E-state index contributed by atoms with van der Waals surface area (Å²) in [6.07, 6.45) is -0.901. The van der Waals surface area contributed by atoms with Crippen LogP contribution in [0.3, 0.4) is 0 Å². The molecule has 5 nitrogen and oxygen atoms in total. The second kappa shape index (κ2) is 6.13. The molecule has 1 amide bonds. The lowest BCUT2D eigenvalue weighted by molar-refractivity contribution is -0.130. The molecule has 0 saturated heterocycles. The van der Waals surface area contributed by atoms with Gasteiger partial charge in [0.05, 0.1) is 5.56 Å². The highest BCUT2D eigenvalue weighted by Crippen LogP contribution is 2.17. The SMILES string of the molecule is CC(OC(=O)c1cc(N)cc(Cl)c1)C(=O)NC(C)(C)C. The van der Waals surface area contributed by atoms with Gasteiger partial charge in [0.25, 0.3) is 5.91 Å². The molecule has 20 heavy (non-hydrogen) atoms. The van der Waals surface area contributed by atoms with Crippen LogP contribution in [0.15, 0.2) is 18.2 Å². The Morgan fingerprint density at radius 2 is 1.90 bits per heavy atom. The van der Waals surface area contributed by atoms with Crippen molar-refractivity contribution in [2.45, 2.75) is 39.3 Å². The van der Waals surface area contributed by atoms with E-state index in [0.717, 1.165) is 0 Å². The molecular weight excluding hydrogens is 280 g/mol. The summed E-state index contributed by atoms with van der Waals surface area (Å²) < 4.78 is 5.09. The average Bonchev–Trinajstić information content (AvgIpc) is 2.25. The van der Waals surface area contributed by atoms with Gasteiger partial charge in [0.2, 0.25) is 0 Å². The van der Waals surface area contributed by atoms with E-state index in [-0.39, 0.29) is 11.5 Å². The zero-order chi connectivity index (χ0) is 15.5. The van der Waals surface area contributed by atoms with Gasteiger partial charge in [-0.3, -0.25) is 4.79 Å². The maximum Gasteiger partial charge on any atom is 0.339 e. The number of anilines is 1. The molecule has 0 spiro atoms. The second-order valence-corrected chi connectivity index (χ2v) is 6.00. The molecule has 1 atom stereocenters. The number of carbonyl (C=O) groups is 2. The second-order valence-electron chi connectivity index (χ2n) is 5.56. The maximum absolute atomic E-state index is 11.9. The molecule has 0 saturated carbocycles.